The molecule has 1 amide bonds. The van der Waals surface area contributed by atoms with Crippen molar-refractivity contribution >= 4 is 27.9 Å². The first-order valence-electron chi connectivity index (χ1n) is 7.63. The summed E-state index contributed by atoms with van der Waals surface area (Å²) in [6.07, 6.45) is 5.06. The second kappa shape index (κ2) is 6.41. The third-order valence-electron chi connectivity index (χ3n) is 3.99. The predicted molar refractivity (Wildman–Crippen MR) is 88.2 cm³/mol. The molecule has 9 heteroatoms. The SMILES string of the molecule is CCn1cc([N+](=O)[O-])c(C(=O)Nc2sc3c(c2C#N)CCCC3)n1. The molecule has 124 valence electrons. The number of rotatable bonds is 4. The molecule has 0 spiro atoms. The standard InChI is InChI=1S/C15H15N5O3S/c1-2-19-8-11(20(22)23)13(18-19)14(21)17-15-10(7-16)9-5-3-4-6-12(9)24-15/h8H,2-6H2,1H3,(H,17,21). The van der Waals surface area contributed by atoms with Gasteiger partial charge in [0.05, 0.1) is 10.5 Å². The number of hydrogen-bond acceptors (Lipinski definition) is 6. The van der Waals surface area contributed by atoms with Crippen LogP contribution in [0.5, 0.6) is 0 Å². The Morgan fingerprint density at radius 3 is 2.96 bits per heavy atom. The molecule has 8 nitrogen and oxygen atoms in total. The molecule has 2 aromatic heterocycles. The van der Waals surface area contributed by atoms with E-state index in [0.29, 0.717) is 17.1 Å². The summed E-state index contributed by atoms with van der Waals surface area (Å²) >= 11 is 1.38. The molecule has 1 N–H and O–H groups in total. The molecule has 0 saturated heterocycles. The molecule has 0 bridgehead atoms. The molecule has 2 heterocycles. The Bertz CT molecular complexity index is 861. The molecule has 0 saturated carbocycles. The smallest absolute Gasteiger partial charge is 0.311 e. The summed E-state index contributed by atoms with van der Waals surface area (Å²) in [4.78, 5) is 24.1. The van der Waals surface area contributed by atoms with Crippen molar-refractivity contribution in [2.45, 2.75) is 39.2 Å². The first-order valence-corrected chi connectivity index (χ1v) is 8.44. The first kappa shape index (κ1) is 16.1. The molecule has 3 rings (SSSR count). The van der Waals surface area contributed by atoms with Gasteiger partial charge in [0, 0.05) is 11.4 Å². The van der Waals surface area contributed by atoms with Crippen LogP contribution in [0.1, 0.15) is 46.3 Å². The Balaban J connectivity index is 1.94. The van der Waals surface area contributed by atoms with Crippen molar-refractivity contribution in [3.8, 4) is 6.07 Å². The molecule has 0 radical (unpaired) electrons. The number of anilines is 1. The van der Waals surface area contributed by atoms with Crippen molar-refractivity contribution in [3.05, 3.63) is 38.0 Å². The van der Waals surface area contributed by atoms with Gasteiger partial charge in [-0.1, -0.05) is 0 Å². The molecular weight excluding hydrogens is 330 g/mol. The Morgan fingerprint density at radius 2 is 2.29 bits per heavy atom. The average Bonchev–Trinajstić information content (AvgIpc) is 3.15. The van der Waals surface area contributed by atoms with Gasteiger partial charge in [0.1, 0.15) is 17.3 Å². The maximum atomic E-state index is 12.5. The molecule has 24 heavy (non-hydrogen) atoms. The first-order chi connectivity index (χ1) is 11.5. The molecule has 0 aliphatic heterocycles. The summed E-state index contributed by atoms with van der Waals surface area (Å²) < 4.78 is 1.34. The zero-order valence-corrected chi connectivity index (χ0v) is 13.9. The number of nitrogens with one attached hydrogen (secondary N) is 1. The minimum Gasteiger partial charge on any atom is -0.311 e. The lowest BCUT2D eigenvalue weighted by atomic mass is 9.96. The number of aryl methyl sites for hydroxylation is 2. The van der Waals surface area contributed by atoms with Gasteiger partial charge in [0.25, 0.3) is 5.91 Å². The molecule has 1 aliphatic rings. The summed E-state index contributed by atoms with van der Waals surface area (Å²) in [5, 5.41) is 27.6. The van der Waals surface area contributed by atoms with Gasteiger partial charge in [-0.15, -0.1) is 11.3 Å². The number of nitrogens with zero attached hydrogens (tertiary/aromatic N) is 4. The highest BCUT2D eigenvalue weighted by Gasteiger charge is 2.28. The van der Waals surface area contributed by atoms with Crippen molar-refractivity contribution in [1.82, 2.24) is 9.78 Å². The third kappa shape index (κ3) is 2.76. The zero-order valence-electron chi connectivity index (χ0n) is 13.0. The second-order valence-corrected chi connectivity index (χ2v) is 6.56. The number of nitro groups is 1. The minimum absolute atomic E-state index is 0.239. The minimum atomic E-state index is -0.663. The van der Waals surface area contributed by atoms with Crippen molar-refractivity contribution < 1.29 is 9.72 Å². The van der Waals surface area contributed by atoms with Crippen LogP contribution in [0.15, 0.2) is 6.20 Å². The number of fused-ring (bicyclic) bond motifs is 1. The van der Waals surface area contributed by atoms with Gasteiger partial charge in [-0.3, -0.25) is 19.6 Å². The van der Waals surface area contributed by atoms with Crippen LogP contribution < -0.4 is 5.32 Å². The summed E-state index contributed by atoms with van der Waals surface area (Å²) in [5.41, 5.74) is 0.893. The number of amides is 1. The van der Waals surface area contributed by atoms with Crippen LogP contribution in [0.3, 0.4) is 0 Å². The van der Waals surface area contributed by atoms with Gasteiger partial charge in [-0.25, -0.2) is 0 Å². The fourth-order valence-corrected chi connectivity index (χ4v) is 4.04. The number of thiophene rings is 1. The number of carbonyl (C=O) groups excluding carboxylic acids is 1. The molecular formula is C15H15N5O3S. The van der Waals surface area contributed by atoms with E-state index in [1.54, 1.807) is 6.92 Å². The van der Waals surface area contributed by atoms with Gasteiger partial charge in [0.2, 0.25) is 5.69 Å². The van der Waals surface area contributed by atoms with Gasteiger partial charge >= 0.3 is 5.69 Å². The second-order valence-electron chi connectivity index (χ2n) is 5.46. The van der Waals surface area contributed by atoms with E-state index in [9.17, 15) is 20.2 Å². The van der Waals surface area contributed by atoms with Crippen LogP contribution in [0.2, 0.25) is 0 Å². The molecule has 2 aromatic rings. The number of carbonyl (C=O) groups is 1. The molecule has 0 atom stereocenters. The Hall–Kier alpha value is -2.73. The highest BCUT2D eigenvalue weighted by Crippen LogP contribution is 2.38. The Morgan fingerprint density at radius 1 is 1.54 bits per heavy atom. The van der Waals surface area contributed by atoms with E-state index in [2.05, 4.69) is 16.5 Å². The fourth-order valence-electron chi connectivity index (χ4n) is 2.80. The number of nitriles is 1. The summed E-state index contributed by atoms with van der Waals surface area (Å²) in [6, 6.07) is 2.15. The van der Waals surface area contributed by atoms with Crippen LogP contribution in [0, 0.1) is 21.4 Å². The molecule has 0 unspecified atom stereocenters. The quantitative estimate of drug-likeness (QED) is 0.676. The summed E-state index contributed by atoms with van der Waals surface area (Å²) in [5.74, 6) is -0.663. The number of hydrogen-bond donors (Lipinski definition) is 1. The topological polar surface area (TPSA) is 114 Å². The van der Waals surface area contributed by atoms with Gasteiger partial charge in [0.15, 0.2) is 0 Å². The lowest BCUT2D eigenvalue weighted by molar-refractivity contribution is -0.385. The maximum absolute atomic E-state index is 12.5. The van der Waals surface area contributed by atoms with Gasteiger partial charge < -0.3 is 5.32 Å². The van der Waals surface area contributed by atoms with Crippen LogP contribution in [-0.2, 0) is 19.4 Å². The summed E-state index contributed by atoms with van der Waals surface area (Å²) in [7, 11) is 0. The molecule has 0 fully saturated rings. The Labute approximate surface area is 141 Å². The highest BCUT2D eigenvalue weighted by atomic mass is 32.1. The van der Waals surface area contributed by atoms with Gasteiger partial charge in [-0.2, -0.15) is 10.4 Å². The third-order valence-corrected chi connectivity index (χ3v) is 5.20. The van der Waals surface area contributed by atoms with E-state index in [-0.39, 0.29) is 11.4 Å². The van der Waals surface area contributed by atoms with Gasteiger partial charge in [-0.05, 0) is 38.2 Å². The fraction of sp³-hybridized carbons (Fsp3) is 0.400. The Kier molecular flexibility index (Phi) is 4.31. The summed E-state index contributed by atoms with van der Waals surface area (Å²) in [6.45, 7) is 2.20. The van der Waals surface area contributed by atoms with Crippen LogP contribution in [-0.4, -0.2) is 20.6 Å². The normalized spacial score (nSPS) is 13.2. The zero-order chi connectivity index (χ0) is 17.3. The van der Waals surface area contributed by atoms with Crippen molar-refractivity contribution in [2.75, 3.05) is 5.32 Å². The van der Waals surface area contributed by atoms with E-state index in [1.807, 2.05) is 0 Å². The predicted octanol–water partition coefficient (Wildman–Crippen LogP) is 2.88. The van der Waals surface area contributed by atoms with Crippen LogP contribution in [0.4, 0.5) is 10.7 Å². The van der Waals surface area contributed by atoms with Crippen molar-refractivity contribution in [2.24, 2.45) is 0 Å². The monoisotopic (exact) mass is 345 g/mol. The van der Waals surface area contributed by atoms with Crippen LogP contribution >= 0.6 is 11.3 Å². The van der Waals surface area contributed by atoms with Crippen LogP contribution in [0.25, 0.3) is 0 Å². The van der Waals surface area contributed by atoms with Crippen molar-refractivity contribution in [1.29, 1.82) is 5.26 Å². The molecule has 0 aromatic carbocycles. The van der Waals surface area contributed by atoms with E-state index in [4.69, 9.17) is 0 Å². The maximum Gasteiger partial charge on any atom is 0.320 e. The van der Waals surface area contributed by atoms with E-state index in [0.717, 1.165) is 36.1 Å². The molecule has 1 aliphatic carbocycles. The van der Waals surface area contributed by atoms with E-state index >= 15 is 0 Å². The highest BCUT2D eigenvalue weighted by molar-refractivity contribution is 7.16. The van der Waals surface area contributed by atoms with Crippen molar-refractivity contribution in [3.63, 3.8) is 0 Å². The van der Waals surface area contributed by atoms with E-state index in [1.165, 1.54) is 22.2 Å². The number of aromatic nitrogens is 2. The lowest BCUT2D eigenvalue weighted by Gasteiger charge is -2.09. The largest absolute Gasteiger partial charge is 0.320 e. The lowest BCUT2D eigenvalue weighted by Crippen LogP contribution is -2.14. The average molecular weight is 345 g/mol. The van der Waals surface area contributed by atoms with E-state index < -0.39 is 10.8 Å².